The second-order valence-electron chi connectivity index (χ2n) is 5.34. The minimum Gasteiger partial charge on any atom is -0.493 e. The van der Waals surface area contributed by atoms with E-state index in [1.54, 1.807) is 12.1 Å². The molecular weight excluding hydrogens is 316 g/mol. The van der Waals surface area contributed by atoms with Gasteiger partial charge in [0, 0.05) is 17.5 Å². The average molecular weight is 337 g/mol. The first-order valence-corrected chi connectivity index (χ1v) is 8.10. The zero-order valence-corrected chi connectivity index (χ0v) is 14.2. The topological polar surface area (TPSA) is 64.4 Å². The van der Waals surface area contributed by atoms with E-state index in [2.05, 4.69) is 17.4 Å². The molecule has 0 atom stereocenters. The van der Waals surface area contributed by atoms with E-state index < -0.39 is 0 Å². The number of carbonyl (C=O) groups excluding carboxylic acids is 1. The molecule has 0 spiro atoms. The highest BCUT2D eigenvalue weighted by atomic mass is 35.5. The number of amides is 1. The summed E-state index contributed by atoms with van der Waals surface area (Å²) in [6, 6.07) is 7.23. The van der Waals surface area contributed by atoms with Gasteiger partial charge in [0.15, 0.2) is 0 Å². The lowest BCUT2D eigenvalue weighted by atomic mass is 10.2. The lowest BCUT2D eigenvalue weighted by Crippen LogP contribution is -2.12. The SMILES string of the molecule is CCCc1cc(NC(=O)CCCOc2ccc(Cl)cc2C)on1. The van der Waals surface area contributed by atoms with Gasteiger partial charge in [-0.1, -0.05) is 30.1 Å². The number of aromatic nitrogens is 1. The maximum atomic E-state index is 11.8. The van der Waals surface area contributed by atoms with Crippen molar-refractivity contribution in [1.82, 2.24) is 5.16 Å². The maximum Gasteiger partial charge on any atom is 0.231 e. The van der Waals surface area contributed by atoms with Crippen LogP contribution in [0.5, 0.6) is 5.75 Å². The first-order chi connectivity index (χ1) is 11.1. The quantitative estimate of drug-likeness (QED) is 0.726. The third kappa shape index (κ3) is 5.60. The Labute approximate surface area is 141 Å². The molecule has 1 N–H and O–H groups in total. The molecule has 1 heterocycles. The standard InChI is InChI=1S/C17H21ClN2O3/c1-3-5-14-11-17(23-20-14)19-16(21)6-4-9-22-15-8-7-13(18)10-12(15)2/h7-8,10-11H,3-6,9H2,1-2H3,(H,19,21). The number of nitrogens with one attached hydrogen (secondary N) is 1. The monoisotopic (exact) mass is 336 g/mol. The molecule has 2 aromatic rings. The van der Waals surface area contributed by atoms with Gasteiger partial charge in [-0.25, -0.2) is 0 Å². The Bertz CT molecular complexity index is 655. The van der Waals surface area contributed by atoms with Gasteiger partial charge in [0.1, 0.15) is 5.75 Å². The molecule has 0 unspecified atom stereocenters. The van der Waals surface area contributed by atoms with Crippen molar-refractivity contribution in [3.8, 4) is 5.75 Å². The number of rotatable bonds is 8. The van der Waals surface area contributed by atoms with Crippen molar-refractivity contribution in [2.24, 2.45) is 0 Å². The van der Waals surface area contributed by atoms with Gasteiger partial charge in [-0.2, -0.15) is 0 Å². The molecule has 5 nitrogen and oxygen atoms in total. The summed E-state index contributed by atoms with van der Waals surface area (Å²) in [6.07, 6.45) is 2.80. The molecule has 1 amide bonds. The molecule has 0 aliphatic carbocycles. The Morgan fingerprint density at radius 2 is 2.22 bits per heavy atom. The Morgan fingerprint density at radius 1 is 1.39 bits per heavy atom. The number of hydrogen-bond acceptors (Lipinski definition) is 4. The summed E-state index contributed by atoms with van der Waals surface area (Å²) in [6.45, 7) is 4.47. The van der Waals surface area contributed by atoms with Crippen LogP contribution in [0.1, 0.15) is 37.4 Å². The Hall–Kier alpha value is -2.01. The lowest BCUT2D eigenvalue weighted by molar-refractivity contribution is -0.116. The van der Waals surface area contributed by atoms with Crippen LogP contribution in [-0.2, 0) is 11.2 Å². The molecule has 0 bridgehead atoms. The summed E-state index contributed by atoms with van der Waals surface area (Å²) in [5.74, 6) is 1.07. The number of anilines is 1. The third-order valence-corrected chi connectivity index (χ3v) is 3.51. The predicted molar refractivity (Wildman–Crippen MR) is 90.0 cm³/mol. The van der Waals surface area contributed by atoms with Gasteiger partial charge in [-0.05, 0) is 43.5 Å². The van der Waals surface area contributed by atoms with Gasteiger partial charge in [-0.3, -0.25) is 10.1 Å². The van der Waals surface area contributed by atoms with Crippen LogP contribution in [0.15, 0.2) is 28.8 Å². The van der Waals surface area contributed by atoms with Crippen molar-refractivity contribution in [2.45, 2.75) is 39.5 Å². The number of carbonyl (C=O) groups is 1. The van der Waals surface area contributed by atoms with Gasteiger partial charge < -0.3 is 9.26 Å². The predicted octanol–water partition coefficient (Wildman–Crippen LogP) is 4.39. The highest BCUT2D eigenvalue weighted by Crippen LogP contribution is 2.22. The molecule has 0 saturated carbocycles. The first kappa shape index (κ1) is 17.3. The van der Waals surface area contributed by atoms with Crippen LogP contribution in [0.2, 0.25) is 5.02 Å². The lowest BCUT2D eigenvalue weighted by Gasteiger charge is -2.09. The van der Waals surface area contributed by atoms with E-state index in [4.69, 9.17) is 20.9 Å². The minimum absolute atomic E-state index is 0.111. The van der Waals surface area contributed by atoms with Gasteiger partial charge in [0.25, 0.3) is 0 Å². The smallest absolute Gasteiger partial charge is 0.231 e. The molecule has 0 saturated heterocycles. The van der Waals surface area contributed by atoms with Crippen LogP contribution in [0.4, 0.5) is 5.88 Å². The number of aryl methyl sites for hydroxylation is 2. The van der Waals surface area contributed by atoms with Crippen LogP contribution in [0.25, 0.3) is 0 Å². The summed E-state index contributed by atoms with van der Waals surface area (Å²) in [5.41, 5.74) is 1.83. The Kier molecular flexibility index (Phi) is 6.47. The number of halogens is 1. The van der Waals surface area contributed by atoms with E-state index in [1.165, 1.54) is 0 Å². The average Bonchev–Trinajstić information content (AvgIpc) is 2.93. The molecule has 124 valence electrons. The van der Waals surface area contributed by atoms with E-state index in [0.717, 1.165) is 29.8 Å². The van der Waals surface area contributed by atoms with Crippen LogP contribution in [0.3, 0.4) is 0 Å². The number of nitrogens with zero attached hydrogens (tertiary/aromatic N) is 1. The van der Waals surface area contributed by atoms with Crippen molar-refractivity contribution in [3.63, 3.8) is 0 Å². The van der Waals surface area contributed by atoms with Gasteiger partial charge >= 0.3 is 0 Å². The van der Waals surface area contributed by atoms with Crippen LogP contribution >= 0.6 is 11.6 Å². The minimum atomic E-state index is -0.111. The van der Waals surface area contributed by atoms with Crippen LogP contribution < -0.4 is 10.1 Å². The summed E-state index contributed by atoms with van der Waals surface area (Å²) < 4.78 is 10.7. The van der Waals surface area contributed by atoms with E-state index in [9.17, 15) is 4.79 Å². The molecule has 0 aliphatic heterocycles. The van der Waals surface area contributed by atoms with E-state index in [0.29, 0.717) is 30.4 Å². The summed E-state index contributed by atoms with van der Waals surface area (Å²) >= 11 is 5.90. The van der Waals surface area contributed by atoms with Gasteiger partial charge in [0.2, 0.25) is 11.8 Å². The largest absolute Gasteiger partial charge is 0.493 e. The normalized spacial score (nSPS) is 10.6. The van der Waals surface area contributed by atoms with Crippen molar-refractivity contribution >= 4 is 23.4 Å². The van der Waals surface area contributed by atoms with Gasteiger partial charge in [0.05, 0.1) is 12.3 Å². The fraction of sp³-hybridized carbons (Fsp3) is 0.412. The molecule has 1 aromatic carbocycles. The molecule has 0 radical (unpaired) electrons. The van der Waals surface area contributed by atoms with Crippen molar-refractivity contribution < 1.29 is 14.1 Å². The molecule has 1 aromatic heterocycles. The fourth-order valence-electron chi connectivity index (χ4n) is 2.13. The van der Waals surface area contributed by atoms with Crippen molar-refractivity contribution in [2.75, 3.05) is 11.9 Å². The van der Waals surface area contributed by atoms with E-state index in [-0.39, 0.29) is 5.91 Å². The fourth-order valence-corrected chi connectivity index (χ4v) is 2.36. The highest BCUT2D eigenvalue weighted by Gasteiger charge is 2.08. The zero-order valence-electron chi connectivity index (χ0n) is 13.4. The summed E-state index contributed by atoms with van der Waals surface area (Å²) in [5, 5.41) is 7.27. The summed E-state index contributed by atoms with van der Waals surface area (Å²) in [7, 11) is 0. The third-order valence-electron chi connectivity index (χ3n) is 3.27. The van der Waals surface area contributed by atoms with Gasteiger partial charge in [-0.15, -0.1) is 0 Å². The van der Waals surface area contributed by atoms with Crippen molar-refractivity contribution in [3.05, 3.63) is 40.5 Å². The van der Waals surface area contributed by atoms with E-state index >= 15 is 0 Å². The maximum absolute atomic E-state index is 11.8. The van der Waals surface area contributed by atoms with Crippen LogP contribution in [0, 0.1) is 6.92 Å². The molecule has 6 heteroatoms. The first-order valence-electron chi connectivity index (χ1n) is 7.73. The molecule has 2 rings (SSSR count). The molecule has 0 aliphatic rings. The molecular formula is C17H21ClN2O3. The Morgan fingerprint density at radius 3 is 2.96 bits per heavy atom. The second kappa shape index (κ2) is 8.58. The number of benzene rings is 1. The van der Waals surface area contributed by atoms with E-state index in [1.807, 2.05) is 19.1 Å². The Balaban J connectivity index is 1.70. The van der Waals surface area contributed by atoms with Crippen LogP contribution in [-0.4, -0.2) is 17.7 Å². The highest BCUT2D eigenvalue weighted by molar-refractivity contribution is 6.30. The summed E-state index contributed by atoms with van der Waals surface area (Å²) in [4.78, 5) is 11.8. The van der Waals surface area contributed by atoms with Crippen molar-refractivity contribution in [1.29, 1.82) is 0 Å². The zero-order chi connectivity index (χ0) is 16.7. The number of hydrogen-bond donors (Lipinski definition) is 1. The molecule has 23 heavy (non-hydrogen) atoms. The second-order valence-corrected chi connectivity index (χ2v) is 5.78. The molecule has 0 fully saturated rings. The number of ether oxygens (including phenoxy) is 1.